The lowest BCUT2D eigenvalue weighted by atomic mass is 10.1. The van der Waals surface area contributed by atoms with E-state index in [0.29, 0.717) is 13.0 Å². The van der Waals surface area contributed by atoms with Crippen molar-refractivity contribution in [2.24, 2.45) is 5.73 Å². The first-order chi connectivity index (χ1) is 9.69. The third-order valence-corrected chi connectivity index (χ3v) is 3.36. The lowest BCUT2D eigenvalue weighted by Crippen LogP contribution is -2.40. The van der Waals surface area contributed by atoms with Gasteiger partial charge in [0.2, 0.25) is 5.91 Å². The third-order valence-electron chi connectivity index (χ3n) is 3.36. The van der Waals surface area contributed by atoms with Gasteiger partial charge in [0.15, 0.2) is 0 Å². The summed E-state index contributed by atoms with van der Waals surface area (Å²) in [5, 5.41) is 3.01. The Balaban J connectivity index is 2.34. The Kier molecular flexibility index (Phi) is 7.73. The van der Waals surface area contributed by atoms with E-state index in [-0.39, 0.29) is 11.9 Å². The van der Waals surface area contributed by atoms with Crippen LogP contribution in [0.5, 0.6) is 5.75 Å². The summed E-state index contributed by atoms with van der Waals surface area (Å²) in [6, 6.07) is 7.92. The van der Waals surface area contributed by atoms with Gasteiger partial charge in [0.05, 0.1) is 7.11 Å². The van der Waals surface area contributed by atoms with Crippen LogP contribution in [0.2, 0.25) is 0 Å². The minimum atomic E-state index is 0.0763. The molecule has 3 N–H and O–H groups in total. The second-order valence-corrected chi connectivity index (χ2v) is 4.99. The molecule has 1 amide bonds. The van der Waals surface area contributed by atoms with Gasteiger partial charge >= 0.3 is 0 Å². The molecule has 0 saturated heterocycles. The standard InChI is InChI=1S/C16H26N2O2/c1-3-4-5-14(12-17)18-16(19)11-8-13-6-9-15(20-2)10-7-13/h6-7,9-10,14H,3-5,8,11-12,17H2,1-2H3,(H,18,19). The van der Waals surface area contributed by atoms with Crippen molar-refractivity contribution >= 4 is 5.91 Å². The molecule has 0 aliphatic rings. The molecule has 4 heteroatoms. The molecule has 0 spiro atoms. The number of hydrogen-bond donors (Lipinski definition) is 2. The van der Waals surface area contributed by atoms with Crippen LogP contribution in [0.25, 0.3) is 0 Å². The van der Waals surface area contributed by atoms with E-state index in [9.17, 15) is 4.79 Å². The fourth-order valence-corrected chi connectivity index (χ4v) is 2.05. The van der Waals surface area contributed by atoms with E-state index in [4.69, 9.17) is 10.5 Å². The van der Waals surface area contributed by atoms with Gasteiger partial charge in [-0.2, -0.15) is 0 Å². The highest BCUT2D eigenvalue weighted by molar-refractivity contribution is 5.76. The van der Waals surface area contributed by atoms with Crippen LogP contribution in [0.15, 0.2) is 24.3 Å². The summed E-state index contributed by atoms with van der Waals surface area (Å²) in [5.41, 5.74) is 6.81. The van der Waals surface area contributed by atoms with E-state index >= 15 is 0 Å². The zero-order valence-corrected chi connectivity index (χ0v) is 12.5. The second kappa shape index (κ2) is 9.37. The molecule has 1 aromatic carbocycles. The van der Waals surface area contributed by atoms with Gasteiger partial charge in [0.25, 0.3) is 0 Å². The number of benzene rings is 1. The molecule has 1 unspecified atom stereocenters. The maximum Gasteiger partial charge on any atom is 0.220 e. The van der Waals surface area contributed by atoms with Gasteiger partial charge in [-0.25, -0.2) is 0 Å². The van der Waals surface area contributed by atoms with Crippen LogP contribution in [0.3, 0.4) is 0 Å². The van der Waals surface area contributed by atoms with E-state index in [0.717, 1.165) is 37.0 Å². The molecule has 0 saturated carbocycles. The van der Waals surface area contributed by atoms with Crippen molar-refractivity contribution in [1.29, 1.82) is 0 Å². The Bertz CT molecular complexity index is 390. The average molecular weight is 278 g/mol. The van der Waals surface area contributed by atoms with Crippen molar-refractivity contribution in [2.45, 2.75) is 45.1 Å². The number of aryl methyl sites for hydroxylation is 1. The Labute approximate surface area is 121 Å². The number of hydrogen-bond acceptors (Lipinski definition) is 3. The summed E-state index contributed by atoms with van der Waals surface area (Å²) in [6.07, 6.45) is 4.41. The number of ether oxygens (including phenoxy) is 1. The highest BCUT2D eigenvalue weighted by Gasteiger charge is 2.10. The van der Waals surface area contributed by atoms with Gasteiger partial charge < -0.3 is 15.8 Å². The summed E-state index contributed by atoms with van der Waals surface area (Å²) in [5.74, 6) is 0.910. The number of unbranched alkanes of at least 4 members (excludes halogenated alkanes) is 1. The SMILES string of the molecule is CCCCC(CN)NC(=O)CCc1ccc(OC)cc1. The second-order valence-electron chi connectivity index (χ2n) is 4.99. The molecule has 1 aromatic rings. The predicted octanol–water partition coefficient (Wildman–Crippen LogP) is 2.26. The molecule has 0 aliphatic carbocycles. The first kappa shape index (κ1) is 16.5. The molecule has 4 nitrogen and oxygen atoms in total. The third kappa shape index (κ3) is 6.06. The first-order valence-electron chi connectivity index (χ1n) is 7.32. The van der Waals surface area contributed by atoms with E-state index < -0.39 is 0 Å². The minimum absolute atomic E-state index is 0.0763. The van der Waals surface area contributed by atoms with Crippen LogP contribution in [0.1, 0.15) is 38.2 Å². The molecule has 0 bridgehead atoms. The number of nitrogens with two attached hydrogens (primary N) is 1. The molecular formula is C16H26N2O2. The maximum atomic E-state index is 11.9. The molecular weight excluding hydrogens is 252 g/mol. The highest BCUT2D eigenvalue weighted by Crippen LogP contribution is 2.12. The monoisotopic (exact) mass is 278 g/mol. The van der Waals surface area contributed by atoms with Crippen molar-refractivity contribution < 1.29 is 9.53 Å². The molecule has 20 heavy (non-hydrogen) atoms. The Morgan fingerprint density at radius 2 is 2.05 bits per heavy atom. The number of methoxy groups -OCH3 is 1. The van der Waals surface area contributed by atoms with Crippen molar-refractivity contribution in [2.75, 3.05) is 13.7 Å². The molecule has 1 atom stereocenters. The summed E-state index contributed by atoms with van der Waals surface area (Å²) in [7, 11) is 1.64. The van der Waals surface area contributed by atoms with Crippen molar-refractivity contribution in [3.63, 3.8) is 0 Å². The van der Waals surface area contributed by atoms with Crippen molar-refractivity contribution in [3.8, 4) is 5.75 Å². The smallest absolute Gasteiger partial charge is 0.220 e. The molecule has 112 valence electrons. The first-order valence-corrected chi connectivity index (χ1v) is 7.32. The summed E-state index contributed by atoms with van der Waals surface area (Å²) in [6.45, 7) is 2.65. The Morgan fingerprint density at radius 1 is 1.35 bits per heavy atom. The minimum Gasteiger partial charge on any atom is -0.497 e. The lowest BCUT2D eigenvalue weighted by Gasteiger charge is -2.16. The lowest BCUT2D eigenvalue weighted by molar-refractivity contribution is -0.121. The number of carbonyl (C=O) groups excluding carboxylic acids is 1. The molecule has 0 aliphatic heterocycles. The fourth-order valence-electron chi connectivity index (χ4n) is 2.05. The largest absolute Gasteiger partial charge is 0.497 e. The summed E-state index contributed by atoms with van der Waals surface area (Å²) < 4.78 is 5.11. The molecule has 0 aromatic heterocycles. The van der Waals surface area contributed by atoms with Gasteiger partial charge in [0, 0.05) is 19.0 Å². The van der Waals surface area contributed by atoms with Gasteiger partial charge in [-0.3, -0.25) is 4.79 Å². The van der Waals surface area contributed by atoms with Crippen LogP contribution < -0.4 is 15.8 Å². The molecule has 1 rings (SSSR count). The normalized spacial score (nSPS) is 11.9. The van der Waals surface area contributed by atoms with Crippen LogP contribution in [0.4, 0.5) is 0 Å². The predicted molar refractivity (Wildman–Crippen MR) is 81.8 cm³/mol. The molecule has 0 heterocycles. The number of amides is 1. The summed E-state index contributed by atoms with van der Waals surface area (Å²) in [4.78, 5) is 11.9. The molecule has 0 radical (unpaired) electrons. The number of nitrogens with one attached hydrogen (secondary N) is 1. The van der Waals surface area contributed by atoms with E-state index in [1.807, 2.05) is 24.3 Å². The average Bonchev–Trinajstić information content (AvgIpc) is 2.49. The molecule has 0 fully saturated rings. The van der Waals surface area contributed by atoms with Crippen molar-refractivity contribution in [3.05, 3.63) is 29.8 Å². The van der Waals surface area contributed by atoms with E-state index in [2.05, 4.69) is 12.2 Å². The van der Waals surface area contributed by atoms with Gasteiger partial charge in [0.1, 0.15) is 5.75 Å². The zero-order valence-electron chi connectivity index (χ0n) is 12.5. The van der Waals surface area contributed by atoms with Crippen molar-refractivity contribution in [1.82, 2.24) is 5.32 Å². The fraction of sp³-hybridized carbons (Fsp3) is 0.562. The topological polar surface area (TPSA) is 64.3 Å². The van der Waals surface area contributed by atoms with Crippen LogP contribution in [-0.2, 0) is 11.2 Å². The number of carbonyl (C=O) groups is 1. The van der Waals surface area contributed by atoms with Crippen LogP contribution >= 0.6 is 0 Å². The zero-order chi connectivity index (χ0) is 14.8. The van der Waals surface area contributed by atoms with E-state index in [1.165, 1.54) is 0 Å². The van der Waals surface area contributed by atoms with E-state index in [1.54, 1.807) is 7.11 Å². The number of rotatable bonds is 9. The van der Waals surface area contributed by atoms with Gasteiger partial charge in [-0.05, 0) is 30.5 Å². The maximum absolute atomic E-state index is 11.9. The Hall–Kier alpha value is -1.55. The summed E-state index contributed by atoms with van der Waals surface area (Å²) >= 11 is 0. The van der Waals surface area contributed by atoms with Gasteiger partial charge in [-0.15, -0.1) is 0 Å². The highest BCUT2D eigenvalue weighted by atomic mass is 16.5. The Morgan fingerprint density at radius 3 is 2.60 bits per heavy atom. The van der Waals surface area contributed by atoms with Crippen LogP contribution in [0, 0.1) is 0 Å². The van der Waals surface area contributed by atoms with Crippen LogP contribution in [-0.4, -0.2) is 25.6 Å². The quantitative estimate of drug-likeness (QED) is 0.728. The van der Waals surface area contributed by atoms with Gasteiger partial charge in [-0.1, -0.05) is 31.9 Å².